The molecule has 0 spiro atoms. The summed E-state index contributed by atoms with van der Waals surface area (Å²) < 4.78 is 21.3. The van der Waals surface area contributed by atoms with Crippen molar-refractivity contribution in [2.45, 2.75) is 12.3 Å². The van der Waals surface area contributed by atoms with Crippen molar-refractivity contribution in [1.29, 1.82) is 0 Å². The van der Waals surface area contributed by atoms with E-state index in [0.717, 1.165) is 24.5 Å². The fourth-order valence-corrected chi connectivity index (χ4v) is 3.30. The average molecular weight is 257 g/mol. The first-order valence-corrected chi connectivity index (χ1v) is 7.75. The number of thiol groups is 1. The van der Waals surface area contributed by atoms with Crippen LogP contribution in [0.15, 0.2) is 24.3 Å². The summed E-state index contributed by atoms with van der Waals surface area (Å²) in [7, 11) is -2.32. The fourth-order valence-electron chi connectivity index (χ4n) is 1.81. The van der Waals surface area contributed by atoms with Crippen molar-refractivity contribution in [2.24, 2.45) is 0 Å². The summed E-state index contributed by atoms with van der Waals surface area (Å²) in [5.41, 5.74) is 2.09. The van der Waals surface area contributed by atoms with Crippen LogP contribution in [0.5, 0.6) is 0 Å². The average Bonchev–Trinajstić information content (AvgIpc) is 2.70. The predicted octanol–water partition coefficient (Wildman–Crippen LogP) is 1.30. The lowest BCUT2D eigenvalue weighted by molar-refractivity contribution is 0.349. The van der Waals surface area contributed by atoms with Gasteiger partial charge in [0.1, 0.15) is 10.7 Å². The summed E-state index contributed by atoms with van der Waals surface area (Å²) in [6.45, 7) is 2.06. The molecule has 0 N–H and O–H groups in total. The second-order valence-corrected chi connectivity index (χ2v) is 5.96. The van der Waals surface area contributed by atoms with E-state index >= 15 is 0 Å². The molecule has 0 saturated carbocycles. The van der Waals surface area contributed by atoms with E-state index < -0.39 is 10.7 Å². The molecule has 0 aromatic heterocycles. The van der Waals surface area contributed by atoms with Crippen molar-refractivity contribution in [1.82, 2.24) is 4.90 Å². The van der Waals surface area contributed by atoms with E-state index in [9.17, 15) is 8.42 Å². The third-order valence-electron chi connectivity index (χ3n) is 2.53. The molecule has 0 atom stereocenters. The van der Waals surface area contributed by atoms with Crippen LogP contribution in [0, 0.1) is 0 Å². The lowest BCUT2D eigenvalue weighted by Gasteiger charge is -2.13. The second kappa shape index (κ2) is 5.70. The minimum Gasteiger partial charge on any atom is -0.289 e. The normalized spacial score (nSPS) is 17.1. The molecule has 1 fully saturated rings. The van der Waals surface area contributed by atoms with Crippen LogP contribution in [0.4, 0.5) is 0 Å². The smallest absolute Gasteiger partial charge is 0.144 e. The molecule has 1 heterocycles. The third-order valence-corrected chi connectivity index (χ3v) is 4.18. The molecule has 0 bridgehead atoms. The van der Waals surface area contributed by atoms with Gasteiger partial charge in [-0.2, -0.15) is 0 Å². The Morgan fingerprint density at radius 2 is 2.12 bits per heavy atom. The number of hydrogen-bond donors (Lipinski definition) is 1. The summed E-state index contributed by atoms with van der Waals surface area (Å²) in [6.07, 6.45) is 0. The molecule has 0 aliphatic carbocycles. The Bertz CT molecular complexity index is 418. The number of rotatable bonds is 4. The molecule has 0 radical (unpaired) electrons. The molecule has 3 nitrogen and oxygen atoms in total. The van der Waals surface area contributed by atoms with E-state index in [1.165, 1.54) is 11.3 Å². The van der Waals surface area contributed by atoms with Gasteiger partial charge in [-0.25, -0.2) is 8.42 Å². The van der Waals surface area contributed by atoms with Crippen molar-refractivity contribution in [2.75, 3.05) is 18.2 Å². The minimum absolute atomic E-state index is 0.151. The monoisotopic (exact) mass is 257 g/mol. The third kappa shape index (κ3) is 3.50. The molecule has 0 amide bonds. The molecule has 1 aliphatic rings. The zero-order chi connectivity index (χ0) is 11.4. The Labute approximate surface area is 102 Å². The SMILES string of the molecule is O=[SH](=O)Cc1cccc(CN2CCSC2)c1. The standard InChI is InChI=1S/C11H15NO2S2/c13-16(14)8-11-3-1-2-10(6-11)7-12-4-5-15-9-12/h1-3,6,16H,4-5,7-9H2. The van der Waals surface area contributed by atoms with Crippen LogP contribution >= 0.6 is 11.8 Å². The van der Waals surface area contributed by atoms with Gasteiger partial charge in [-0.3, -0.25) is 4.90 Å². The van der Waals surface area contributed by atoms with Crippen LogP contribution in [0.2, 0.25) is 0 Å². The summed E-state index contributed by atoms with van der Waals surface area (Å²) in [6, 6.07) is 7.86. The zero-order valence-corrected chi connectivity index (χ0v) is 10.7. The van der Waals surface area contributed by atoms with Gasteiger partial charge in [-0.1, -0.05) is 24.3 Å². The molecular formula is C11H15NO2S2. The lowest BCUT2D eigenvalue weighted by Crippen LogP contribution is -2.18. The van der Waals surface area contributed by atoms with Gasteiger partial charge in [0.2, 0.25) is 0 Å². The Balaban J connectivity index is 2.03. The molecule has 1 aromatic carbocycles. The number of hydrogen-bond acceptors (Lipinski definition) is 4. The quantitative estimate of drug-likeness (QED) is 0.825. The van der Waals surface area contributed by atoms with Crippen molar-refractivity contribution >= 4 is 22.5 Å². The van der Waals surface area contributed by atoms with Crippen LogP contribution in [-0.2, 0) is 23.0 Å². The first kappa shape index (κ1) is 12.0. The Hall–Kier alpha value is -0.520. The Morgan fingerprint density at radius 3 is 2.81 bits per heavy atom. The second-order valence-electron chi connectivity index (χ2n) is 3.90. The van der Waals surface area contributed by atoms with Crippen LogP contribution < -0.4 is 0 Å². The van der Waals surface area contributed by atoms with Gasteiger partial charge in [-0.05, 0) is 11.1 Å². The maximum atomic E-state index is 10.6. The summed E-state index contributed by atoms with van der Waals surface area (Å²) in [5.74, 6) is 2.43. The fraction of sp³-hybridized carbons (Fsp3) is 0.455. The maximum absolute atomic E-state index is 10.6. The molecule has 1 aromatic rings. The topological polar surface area (TPSA) is 37.4 Å². The molecule has 5 heteroatoms. The van der Waals surface area contributed by atoms with Crippen LogP contribution in [0.3, 0.4) is 0 Å². The highest BCUT2D eigenvalue weighted by molar-refractivity contribution is 7.99. The highest BCUT2D eigenvalue weighted by Crippen LogP contribution is 2.17. The van der Waals surface area contributed by atoms with E-state index in [2.05, 4.69) is 11.0 Å². The molecule has 16 heavy (non-hydrogen) atoms. The maximum Gasteiger partial charge on any atom is 0.144 e. The van der Waals surface area contributed by atoms with Crippen molar-refractivity contribution in [3.05, 3.63) is 35.4 Å². The van der Waals surface area contributed by atoms with E-state index in [0.29, 0.717) is 0 Å². The molecule has 2 rings (SSSR count). The highest BCUT2D eigenvalue weighted by atomic mass is 32.2. The van der Waals surface area contributed by atoms with Crippen molar-refractivity contribution < 1.29 is 8.42 Å². The van der Waals surface area contributed by atoms with Crippen LogP contribution in [0.1, 0.15) is 11.1 Å². The number of benzene rings is 1. The van der Waals surface area contributed by atoms with E-state index in [4.69, 9.17) is 0 Å². The van der Waals surface area contributed by atoms with Crippen LogP contribution in [0.25, 0.3) is 0 Å². The minimum atomic E-state index is -2.32. The molecule has 88 valence electrons. The van der Waals surface area contributed by atoms with Gasteiger partial charge in [0.15, 0.2) is 0 Å². The van der Waals surface area contributed by atoms with E-state index in [1.54, 1.807) is 0 Å². The highest BCUT2D eigenvalue weighted by Gasteiger charge is 2.12. The number of thioether (sulfide) groups is 1. The van der Waals surface area contributed by atoms with Gasteiger partial charge < -0.3 is 0 Å². The molecule has 1 aliphatic heterocycles. The first-order valence-electron chi connectivity index (χ1n) is 5.24. The van der Waals surface area contributed by atoms with E-state index in [-0.39, 0.29) is 5.75 Å². The molecule has 1 saturated heterocycles. The van der Waals surface area contributed by atoms with Crippen molar-refractivity contribution in [3.8, 4) is 0 Å². The summed E-state index contributed by atoms with van der Waals surface area (Å²) in [5, 5.41) is 0. The Morgan fingerprint density at radius 1 is 1.31 bits per heavy atom. The van der Waals surface area contributed by atoms with Gasteiger partial charge in [0.05, 0.1) is 5.75 Å². The first-order chi connectivity index (χ1) is 7.74. The lowest BCUT2D eigenvalue weighted by atomic mass is 10.1. The van der Waals surface area contributed by atoms with Gasteiger partial charge in [0.25, 0.3) is 0 Å². The summed E-state index contributed by atoms with van der Waals surface area (Å²) in [4.78, 5) is 2.38. The summed E-state index contributed by atoms with van der Waals surface area (Å²) >= 11 is 1.95. The zero-order valence-electron chi connectivity index (χ0n) is 8.96. The molecular weight excluding hydrogens is 242 g/mol. The number of nitrogens with zero attached hydrogens (tertiary/aromatic N) is 1. The Kier molecular flexibility index (Phi) is 4.26. The predicted molar refractivity (Wildman–Crippen MR) is 68.2 cm³/mol. The van der Waals surface area contributed by atoms with Gasteiger partial charge in [0, 0.05) is 24.7 Å². The molecule has 0 unspecified atom stereocenters. The van der Waals surface area contributed by atoms with Crippen LogP contribution in [-0.4, -0.2) is 31.5 Å². The van der Waals surface area contributed by atoms with Crippen molar-refractivity contribution in [3.63, 3.8) is 0 Å². The largest absolute Gasteiger partial charge is 0.289 e. The van der Waals surface area contributed by atoms with E-state index in [1.807, 2.05) is 30.0 Å². The van der Waals surface area contributed by atoms with Gasteiger partial charge >= 0.3 is 0 Å². The van der Waals surface area contributed by atoms with Gasteiger partial charge in [-0.15, -0.1) is 11.8 Å².